The number of nitrogens with one attached hydrogen (secondary N) is 1. The van der Waals surface area contributed by atoms with Crippen LogP contribution in [0, 0.1) is 0 Å². The van der Waals surface area contributed by atoms with E-state index in [4.69, 9.17) is 16.7 Å². The fraction of sp³-hybridized carbons (Fsp3) is 0.333. The Labute approximate surface area is 118 Å². The standard InChI is InChI=1S/C12H13BrClNO3/c1-2-3-10(12(17)18)15-11(16)8-6-7(13)4-5-9(8)14/h4-6,10H,2-3H2,1H3,(H,15,16)(H,17,18)/t10-/m0/s1. The van der Waals surface area contributed by atoms with Crippen LogP contribution in [0.5, 0.6) is 0 Å². The van der Waals surface area contributed by atoms with Crippen LogP contribution in [-0.4, -0.2) is 23.0 Å². The lowest BCUT2D eigenvalue weighted by atomic mass is 10.1. The predicted octanol–water partition coefficient (Wildman–Crippen LogP) is 3.09. The molecule has 2 N–H and O–H groups in total. The molecule has 0 aromatic heterocycles. The molecule has 1 amide bonds. The van der Waals surface area contributed by atoms with Gasteiger partial charge in [0.2, 0.25) is 0 Å². The van der Waals surface area contributed by atoms with Crippen molar-refractivity contribution in [2.45, 2.75) is 25.8 Å². The third-order valence-electron chi connectivity index (χ3n) is 2.35. The molecule has 0 spiro atoms. The second kappa shape index (κ2) is 6.75. The summed E-state index contributed by atoms with van der Waals surface area (Å²) in [5.41, 5.74) is 0.258. The number of hydrogen-bond acceptors (Lipinski definition) is 2. The van der Waals surface area contributed by atoms with Crippen molar-refractivity contribution in [1.29, 1.82) is 0 Å². The van der Waals surface area contributed by atoms with Gasteiger partial charge in [-0.1, -0.05) is 40.9 Å². The normalized spacial score (nSPS) is 11.9. The fourth-order valence-corrected chi connectivity index (χ4v) is 2.02. The third-order valence-corrected chi connectivity index (χ3v) is 3.18. The van der Waals surface area contributed by atoms with E-state index >= 15 is 0 Å². The van der Waals surface area contributed by atoms with Crippen LogP contribution in [0.1, 0.15) is 30.1 Å². The van der Waals surface area contributed by atoms with Gasteiger partial charge in [0.25, 0.3) is 5.91 Å². The number of carboxylic acids is 1. The van der Waals surface area contributed by atoms with E-state index in [1.54, 1.807) is 18.2 Å². The van der Waals surface area contributed by atoms with Gasteiger partial charge in [0.15, 0.2) is 0 Å². The van der Waals surface area contributed by atoms with Gasteiger partial charge in [-0.05, 0) is 24.6 Å². The maximum atomic E-state index is 11.9. The molecule has 6 heteroatoms. The van der Waals surface area contributed by atoms with Gasteiger partial charge >= 0.3 is 5.97 Å². The molecule has 1 aromatic rings. The van der Waals surface area contributed by atoms with Crippen molar-refractivity contribution in [3.63, 3.8) is 0 Å². The van der Waals surface area contributed by atoms with E-state index in [1.165, 1.54) is 0 Å². The van der Waals surface area contributed by atoms with E-state index in [0.29, 0.717) is 17.3 Å². The second-order valence-electron chi connectivity index (χ2n) is 3.78. The summed E-state index contributed by atoms with van der Waals surface area (Å²) < 4.78 is 0.708. The summed E-state index contributed by atoms with van der Waals surface area (Å²) >= 11 is 9.14. The molecule has 0 aliphatic carbocycles. The minimum Gasteiger partial charge on any atom is -0.480 e. The highest BCUT2D eigenvalue weighted by Crippen LogP contribution is 2.21. The number of benzene rings is 1. The molecule has 0 aliphatic heterocycles. The Kier molecular flexibility index (Phi) is 5.62. The zero-order valence-corrected chi connectivity index (χ0v) is 12.1. The van der Waals surface area contributed by atoms with Crippen molar-refractivity contribution in [2.24, 2.45) is 0 Å². The number of carbonyl (C=O) groups is 2. The molecular weight excluding hydrogens is 321 g/mol. The van der Waals surface area contributed by atoms with Gasteiger partial charge in [0, 0.05) is 4.47 Å². The molecule has 18 heavy (non-hydrogen) atoms. The van der Waals surface area contributed by atoms with Gasteiger partial charge in [-0.2, -0.15) is 0 Å². The quantitative estimate of drug-likeness (QED) is 0.869. The summed E-state index contributed by atoms with van der Waals surface area (Å²) in [4.78, 5) is 22.9. The molecule has 0 heterocycles. The number of halogens is 2. The zero-order chi connectivity index (χ0) is 13.7. The molecule has 0 fully saturated rings. The summed E-state index contributed by atoms with van der Waals surface area (Å²) in [6, 6.07) is 3.95. The Morgan fingerprint density at radius 1 is 1.50 bits per heavy atom. The number of amides is 1. The van der Waals surface area contributed by atoms with Crippen LogP contribution >= 0.6 is 27.5 Å². The number of hydrogen-bond donors (Lipinski definition) is 2. The Morgan fingerprint density at radius 2 is 2.17 bits per heavy atom. The predicted molar refractivity (Wildman–Crippen MR) is 73.0 cm³/mol. The van der Waals surface area contributed by atoms with Gasteiger partial charge in [0.1, 0.15) is 6.04 Å². The number of rotatable bonds is 5. The van der Waals surface area contributed by atoms with Crippen molar-refractivity contribution in [2.75, 3.05) is 0 Å². The Balaban J connectivity index is 2.86. The Morgan fingerprint density at radius 3 is 2.72 bits per heavy atom. The SMILES string of the molecule is CCC[C@H](NC(=O)c1cc(Br)ccc1Cl)C(=O)O. The molecule has 98 valence electrons. The van der Waals surface area contributed by atoms with Crippen LogP contribution in [0.3, 0.4) is 0 Å². The largest absolute Gasteiger partial charge is 0.480 e. The molecule has 0 saturated heterocycles. The number of carboxylic acid groups (broad SMARTS) is 1. The van der Waals surface area contributed by atoms with Gasteiger partial charge in [-0.15, -0.1) is 0 Å². The fourth-order valence-electron chi connectivity index (χ4n) is 1.45. The first-order chi connectivity index (χ1) is 8.45. The molecule has 0 radical (unpaired) electrons. The average molecular weight is 335 g/mol. The lowest BCUT2D eigenvalue weighted by Crippen LogP contribution is -2.40. The highest BCUT2D eigenvalue weighted by Gasteiger charge is 2.20. The monoisotopic (exact) mass is 333 g/mol. The highest BCUT2D eigenvalue weighted by molar-refractivity contribution is 9.10. The Hall–Kier alpha value is -1.07. The molecule has 1 rings (SSSR count). The topological polar surface area (TPSA) is 66.4 Å². The summed E-state index contributed by atoms with van der Waals surface area (Å²) in [6.07, 6.45) is 1.05. The minimum atomic E-state index is -1.05. The summed E-state index contributed by atoms with van der Waals surface area (Å²) in [5.74, 6) is -1.53. The Bertz CT molecular complexity index is 465. The maximum absolute atomic E-state index is 11.9. The van der Waals surface area contributed by atoms with Gasteiger partial charge in [0.05, 0.1) is 10.6 Å². The third kappa shape index (κ3) is 3.99. The molecule has 0 unspecified atom stereocenters. The first kappa shape index (κ1) is 15.0. The van der Waals surface area contributed by atoms with Gasteiger partial charge in [-0.25, -0.2) is 4.79 Å². The number of aliphatic carboxylic acids is 1. The number of carbonyl (C=O) groups excluding carboxylic acids is 1. The van der Waals surface area contributed by atoms with Crippen LogP contribution in [0.4, 0.5) is 0 Å². The highest BCUT2D eigenvalue weighted by atomic mass is 79.9. The van der Waals surface area contributed by atoms with E-state index in [9.17, 15) is 9.59 Å². The summed E-state index contributed by atoms with van der Waals surface area (Å²) in [6.45, 7) is 1.86. The van der Waals surface area contributed by atoms with Crippen molar-refractivity contribution >= 4 is 39.4 Å². The molecule has 0 saturated carbocycles. The van der Waals surface area contributed by atoms with E-state index in [2.05, 4.69) is 21.2 Å². The molecule has 0 bridgehead atoms. The van der Waals surface area contributed by atoms with E-state index in [-0.39, 0.29) is 10.6 Å². The first-order valence-electron chi connectivity index (χ1n) is 5.44. The lowest BCUT2D eigenvalue weighted by molar-refractivity contribution is -0.139. The van der Waals surface area contributed by atoms with Crippen LogP contribution in [0.25, 0.3) is 0 Å². The van der Waals surface area contributed by atoms with Crippen LogP contribution in [0.2, 0.25) is 5.02 Å². The molecular formula is C12H13BrClNO3. The molecule has 0 aliphatic rings. The second-order valence-corrected chi connectivity index (χ2v) is 5.10. The first-order valence-corrected chi connectivity index (χ1v) is 6.61. The summed E-state index contributed by atoms with van der Waals surface area (Å²) in [7, 11) is 0. The van der Waals surface area contributed by atoms with Crippen LogP contribution < -0.4 is 5.32 Å². The van der Waals surface area contributed by atoms with Crippen molar-refractivity contribution < 1.29 is 14.7 Å². The van der Waals surface area contributed by atoms with Crippen LogP contribution in [-0.2, 0) is 4.79 Å². The van der Waals surface area contributed by atoms with Crippen molar-refractivity contribution in [3.05, 3.63) is 33.3 Å². The van der Waals surface area contributed by atoms with E-state index in [0.717, 1.165) is 0 Å². The zero-order valence-electron chi connectivity index (χ0n) is 9.74. The average Bonchev–Trinajstić information content (AvgIpc) is 2.31. The molecule has 1 atom stereocenters. The van der Waals surface area contributed by atoms with E-state index < -0.39 is 17.9 Å². The van der Waals surface area contributed by atoms with Crippen molar-refractivity contribution in [1.82, 2.24) is 5.32 Å². The van der Waals surface area contributed by atoms with Gasteiger partial charge in [-0.3, -0.25) is 4.79 Å². The smallest absolute Gasteiger partial charge is 0.326 e. The molecule has 1 aromatic carbocycles. The summed E-state index contributed by atoms with van der Waals surface area (Å²) in [5, 5.41) is 11.7. The lowest BCUT2D eigenvalue weighted by Gasteiger charge is -2.14. The molecule has 4 nitrogen and oxygen atoms in total. The van der Waals surface area contributed by atoms with E-state index in [1.807, 2.05) is 6.92 Å². The van der Waals surface area contributed by atoms with Gasteiger partial charge < -0.3 is 10.4 Å². The van der Waals surface area contributed by atoms with Crippen LogP contribution in [0.15, 0.2) is 22.7 Å². The van der Waals surface area contributed by atoms with Crippen molar-refractivity contribution in [3.8, 4) is 0 Å². The minimum absolute atomic E-state index is 0.258. The maximum Gasteiger partial charge on any atom is 0.326 e.